The molecule has 4 rings (SSSR count). The van der Waals surface area contributed by atoms with Crippen LogP contribution in [0, 0.1) is 17.8 Å². The van der Waals surface area contributed by atoms with Gasteiger partial charge in [0.1, 0.15) is 0 Å². The lowest BCUT2D eigenvalue weighted by atomic mass is 9.92. The van der Waals surface area contributed by atoms with Crippen molar-refractivity contribution in [1.29, 1.82) is 0 Å². The average molecular weight is 319 g/mol. The zero-order valence-corrected chi connectivity index (χ0v) is 14.7. The summed E-state index contributed by atoms with van der Waals surface area (Å²) in [6, 6.07) is 1.23. The van der Waals surface area contributed by atoms with Crippen molar-refractivity contribution >= 4 is 5.91 Å². The number of hydrogen-bond acceptors (Lipinski definition) is 3. The van der Waals surface area contributed by atoms with E-state index < -0.39 is 0 Å². The molecule has 2 saturated carbocycles. The van der Waals surface area contributed by atoms with Crippen LogP contribution in [0.4, 0.5) is 0 Å². The second-order valence-corrected chi connectivity index (χ2v) is 8.58. The van der Waals surface area contributed by atoms with Crippen molar-refractivity contribution in [2.24, 2.45) is 17.8 Å². The fourth-order valence-electron chi connectivity index (χ4n) is 4.73. The van der Waals surface area contributed by atoms with Crippen LogP contribution in [0.25, 0.3) is 0 Å². The van der Waals surface area contributed by atoms with E-state index >= 15 is 0 Å². The number of nitrogens with zero attached hydrogens (tertiary/aromatic N) is 2. The summed E-state index contributed by atoms with van der Waals surface area (Å²) in [5.41, 5.74) is 0. The largest absolute Gasteiger partial charge is 0.353 e. The number of carbonyl (C=O) groups excluding carboxylic acids is 1. The molecule has 0 aromatic heterocycles. The van der Waals surface area contributed by atoms with Gasteiger partial charge >= 0.3 is 0 Å². The monoisotopic (exact) mass is 319 g/mol. The zero-order chi connectivity index (χ0) is 15.8. The molecule has 4 fully saturated rings. The normalized spacial score (nSPS) is 31.5. The Bertz CT molecular complexity index is 412. The van der Waals surface area contributed by atoms with Crippen molar-refractivity contribution in [2.45, 2.75) is 63.5 Å². The van der Waals surface area contributed by atoms with Gasteiger partial charge in [-0.15, -0.1) is 0 Å². The first kappa shape index (κ1) is 15.9. The number of likely N-dealkylation sites (tertiary alicyclic amines) is 2. The van der Waals surface area contributed by atoms with E-state index in [-0.39, 0.29) is 5.92 Å². The molecule has 4 nitrogen and oxygen atoms in total. The van der Waals surface area contributed by atoms with Gasteiger partial charge in [-0.2, -0.15) is 0 Å². The number of nitrogens with one attached hydrogen (secondary N) is 1. The summed E-state index contributed by atoms with van der Waals surface area (Å²) in [5, 5.41) is 3.47. The van der Waals surface area contributed by atoms with E-state index in [1.165, 1.54) is 64.6 Å². The summed E-state index contributed by atoms with van der Waals surface area (Å²) in [6.07, 6.45) is 10.2. The van der Waals surface area contributed by atoms with Gasteiger partial charge in [0.2, 0.25) is 5.91 Å². The summed E-state index contributed by atoms with van der Waals surface area (Å²) in [6.45, 7) is 4.63. The summed E-state index contributed by atoms with van der Waals surface area (Å²) in [7, 11) is 2.22. The number of carbonyl (C=O) groups is 1. The molecular weight excluding hydrogens is 286 g/mol. The van der Waals surface area contributed by atoms with Crippen molar-refractivity contribution in [3.8, 4) is 0 Å². The molecule has 2 saturated heterocycles. The van der Waals surface area contributed by atoms with Crippen LogP contribution in [0.15, 0.2) is 0 Å². The summed E-state index contributed by atoms with van der Waals surface area (Å²) < 4.78 is 0. The SMILES string of the molecule is CN1CCC(N2CCCC(C(=O)NC(C3CC3)C3CC3)C2)CC1. The molecule has 1 N–H and O–H groups in total. The molecule has 0 spiro atoms. The second kappa shape index (κ2) is 6.72. The van der Waals surface area contributed by atoms with Gasteiger partial charge in [-0.05, 0) is 89.9 Å². The fourth-order valence-corrected chi connectivity index (χ4v) is 4.73. The van der Waals surface area contributed by atoms with Gasteiger partial charge in [-0.25, -0.2) is 0 Å². The molecule has 130 valence electrons. The third-order valence-electron chi connectivity index (χ3n) is 6.60. The minimum absolute atomic E-state index is 0.239. The minimum atomic E-state index is 0.239. The number of piperidine rings is 2. The van der Waals surface area contributed by atoms with E-state index in [9.17, 15) is 4.79 Å². The van der Waals surface area contributed by atoms with Crippen LogP contribution in [0.2, 0.25) is 0 Å². The van der Waals surface area contributed by atoms with E-state index in [2.05, 4.69) is 22.2 Å². The molecule has 1 unspecified atom stereocenters. The number of amides is 1. The molecule has 2 heterocycles. The fraction of sp³-hybridized carbons (Fsp3) is 0.947. The molecular formula is C19H33N3O. The maximum Gasteiger partial charge on any atom is 0.224 e. The number of rotatable bonds is 5. The van der Waals surface area contributed by atoms with Crippen molar-refractivity contribution in [1.82, 2.24) is 15.1 Å². The smallest absolute Gasteiger partial charge is 0.224 e. The zero-order valence-electron chi connectivity index (χ0n) is 14.7. The predicted molar refractivity (Wildman–Crippen MR) is 92.2 cm³/mol. The van der Waals surface area contributed by atoms with E-state index in [1.807, 2.05) is 0 Å². The Kier molecular flexibility index (Phi) is 4.64. The Morgan fingerprint density at radius 2 is 1.61 bits per heavy atom. The third kappa shape index (κ3) is 3.90. The lowest BCUT2D eigenvalue weighted by Crippen LogP contribution is -2.51. The van der Waals surface area contributed by atoms with Gasteiger partial charge < -0.3 is 10.2 Å². The maximum absolute atomic E-state index is 12.8. The molecule has 4 heteroatoms. The molecule has 0 bridgehead atoms. The molecule has 0 radical (unpaired) electrons. The first-order chi connectivity index (χ1) is 11.2. The second-order valence-electron chi connectivity index (χ2n) is 8.58. The summed E-state index contributed by atoms with van der Waals surface area (Å²) >= 11 is 0. The molecule has 23 heavy (non-hydrogen) atoms. The Balaban J connectivity index is 1.30. The molecule has 1 atom stereocenters. The van der Waals surface area contributed by atoms with Crippen LogP contribution >= 0.6 is 0 Å². The van der Waals surface area contributed by atoms with Gasteiger partial charge in [0.15, 0.2) is 0 Å². The van der Waals surface area contributed by atoms with Crippen molar-refractivity contribution < 1.29 is 4.79 Å². The molecule has 4 aliphatic rings. The Hall–Kier alpha value is -0.610. The standard InChI is InChI=1S/C19H33N3O/c1-21-11-8-17(9-12-21)22-10-2-3-16(13-22)19(23)20-18(14-4-5-14)15-6-7-15/h14-18H,2-13H2,1H3,(H,20,23). The first-order valence-electron chi connectivity index (χ1n) is 9.93. The quantitative estimate of drug-likeness (QED) is 0.843. The highest BCUT2D eigenvalue weighted by Crippen LogP contribution is 2.44. The Morgan fingerprint density at radius 3 is 2.22 bits per heavy atom. The van der Waals surface area contributed by atoms with Gasteiger partial charge in [0.05, 0.1) is 5.92 Å². The van der Waals surface area contributed by atoms with Crippen LogP contribution in [0.1, 0.15) is 51.4 Å². The molecule has 0 aromatic carbocycles. The number of hydrogen-bond donors (Lipinski definition) is 1. The molecule has 2 aliphatic heterocycles. The summed E-state index contributed by atoms with van der Waals surface area (Å²) in [4.78, 5) is 17.9. The van der Waals surface area contributed by atoms with Gasteiger partial charge in [-0.3, -0.25) is 9.69 Å². The Morgan fingerprint density at radius 1 is 0.957 bits per heavy atom. The van der Waals surface area contributed by atoms with Crippen LogP contribution in [-0.2, 0) is 4.79 Å². The van der Waals surface area contributed by atoms with E-state index in [0.717, 1.165) is 24.8 Å². The van der Waals surface area contributed by atoms with Crippen LogP contribution in [0.3, 0.4) is 0 Å². The van der Waals surface area contributed by atoms with Crippen molar-refractivity contribution in [2.75, 3.05) is 33.2 Å². The molecule has 0 aromatic rings. The average Bonchev–Trinajstić information content (AvgIpc) is 3.47. The predicted octanol–water partition coefficient (Wildman–Crippen LogP) is 2.10. The first-order valence-corrected chi connectivity index (χ1v) is 9.93. The summed E-state index contributed by atoms with van der Waals surface area (Å²) in [5.74, 6) is 2.22. The van der Waals surface area contributed by atoms with Crippen LogP contribution in [0.5, 0.6) is 0 Å². The molecule has 2 aliphatic carbocycles. The van der Waals surface area contributed by atoms with Gasteiger partial charge in [0.25, 0.3) is 0 Å². The Labute approximate surface area is 141 Å². The maximum atomic E-state index is 12.8. The third-order valence-corrected chi connectivity index (χ3v) is 6.60. The lowest BCUT2D eigenvalue weighted by molar-refractivity contribution is -0.128. The van der Waals surface area contributed by atoms with Crippen molar-refractivity contribution in [3.63, 3.8) is 0 Å². The van der Waals surface area contributed by atoms with Crippen molar-refractivity contribution in [3.05, 3.63) is 0 Å². The highest BCUT2D eigenvalue weighted by molar-refractivity contribution is 5.79. The van der Waals surface area contributed by atoms with Crippen LogP contribution in [-0.4, -0.2) is 61.0 Å². The van der Waals surface area contributed by atoms with Gasteiger partial charge in [0, 0.05) is 18.6 Å². The topological polar surface area (TPSA) is 35.6 Å². The van der Waals surface area contributed by atoms with Gasteiger partial charge in [-0.1, -0.05) is 0 Å². The lowest BCUT2D eigenvalue weighted by Gasteiger charge is -2.41. The van der Waals surface area contributed by atoms with Crippen LogP contribution < -0.4 is 5.32 Å². The van der Waals surface area contributed by atoms with E-state index in [0.29, 0.717) is 18.0 Å². The highest BCUT2D eigenvalue weighted by Gasteiger charge is 2.43. The van der Waals surface area contributed by atoms with E-state index in [4.69, 9.17) is 0 Å². The minimum Gasteiger partial charge on any atom is -0.353 e. The van der Waals surface area contributed by atoms with E-state index in [1.54, 1.807) is 0 Å². The molecule has 1 amide bonds. The highest BCUT2D eigenvalue weighted by atomic mass is 16.2.